The van der Waals surface area contributed by atoms with E-state index in [2.05, 4.69) is 41.0 Å². The van der Waals surface area contributed by atoms with Crippen LogP contribution in [0.4, 0.5) is 5.69 Å². The van der Waals surface area contributed by atoms with Gasteiger partial charge in [-0.05, 0) is 6.07 Å². The van der Waals surface area contributed by atoms with Crippen molar-refractivity contribution in [3.8, 4) is 17.2 Å². The molecule has 4 heteroatoms. The van der Waals surface area contributed by atoms with Gasteiger partial charge in [0.1, 0.15) is 8.07 Å². The molecule has 0 spiro atoms. The normalized spacial score (nSPS) is 10.4. The Morgan fingerprint density at radius 2 is 2.00 bits per heavy atom. The molecule has 2 rings (SSSR count). The van der Waals surface area contributed by atoms with Crippen LogP contribution in [-0.2, 0) is 0 Å². The Kier molecular flexibility index (Phi) is 3.55. The van der Waals surface area contributed by atoms with Gasteiger partial charge in [0.25, 0.3) is 0 Å². The van der Waals surface area contributed by atoms with Crippen LogP contribution >= 0.6 is 0 Å². The number of hydrogen-bond donors (Lipinski definition) is 0. The van der Waals surface area contributed by atoms with Gasteiger partial charge in [-0.2, -0.15) is 5.10 Å². The first-order valence-electron chi connectivity index (χ1n) is 6.04. The molecule has 19 heavy (non-hydrogen) atoms. The molecule has 2 aromatic rings. The van der Waals surface area contributed by atoms with E-state index in [4.69, 9.17) is 6.57 Å². The van der Waals surface area contributed by atoms with E-state index in [1.54, 1.807) is 16.9 Å². The highest BCUT2D eigenvalue weighted by Crippen LogP contribution is 2.22. The summed E-state index contributed by atoms with van der Waals surface area (Å²) >= 11 is 0. The number of rotatable bonds is 1. The fourth-order valence-corrected chi connectivity index (χ4v) is 2.05. The Hall–Kier alpha value is -2.30. The molecule has 0 fully saturated rings. The van der Waals surface area contributed by atoms with Crippen LogP contribution in [0, 0.1) is 18.0 Å². The Balaban J connectivity index is 2.36. The summed E-state index contributed by atoms with van der Waals surface area (Å²) in [5, 5.41) is 4.28. The third-order valence-electron chi connectivity index (χ3n) is 2.41. The zero-order chi connectivity index (χ0) is 13.9. The predicted molar refractivity (Wildman–Crippen MR) is 80.1 cm³/mol. The lowest BCUT2D eigenvalue weighted by Gasteiger charge is -2.03. The van der Waals surface area contributed by atoms with Gasteiger partial charge in [-0.25, -0.2) is 4.85 Å². The summed E-state index contributed by atoms with van der Waals surface area (Å²) in [5.74, 6) is 3.16. The molecule has 0 aliphatic carbocycles. The highest BCUT2D eigenvalue weighted by molar-refractivity contribution is 6.83. The van der Waals surface area contributed by atoms with E-state index in [1.807, 2.05) is 24.4 Å². The molecule has 0 bridgehead atoms. The molecule has 0 atom stereocenters. The first-order chi connectivity index (χ1) is 8.99. The number of para-hydroxylation sites is 2. The molecule has 0 saturated heterocycles. The van der Waals surface area contributed by atoms with Gasteiger partial charge in [0.15, 0.2) is 0 Å². The predicted octanol–water partition coefficient (Wildman–Crippen LogP) is 3.65. The minimum atomic E-state index is -1.37. The van der Waals surface area contributed by atoms with Crippen LogP contribution in [0.15, 0.2) is 36.7 Å². The number of hydrogen-bond acceptors (Lipinski definition) is 1. The fraction of sp³-hybridized carbons (Fsp3) is 0.200. The van der Waals surface area contributed by atoms with Crippen molar-refractivity contribution in [2.45, 2.75) is 19.6 Å². The molecule has 0 unspecified atom stereocenters. The van der Waals surface area contributed by atoms with E-state index in [9.17, 15) is 0 Å². The van der Waals surface area contributed by atoms with Gasteiger partial charge >= 0.3 is 0 Å². The van der Waals surface area contributed by atoms with E-state index >= 15 is 0 Å². The van der Waals surface area contributed by atoms with Crippen molar-refractivity contribution < 1.29 is 0 Å². The largest absolute Gasteiger partial charge is 0.250 e. The summed E-state index contributed by atoms with van der Waals surface area (Å²) in [6, 6.07) is 7.43. The van der Waals surface area contributed by atoms with Crippen molar-refractivity contribution in [2.75, 3.05) is 0 Å². The number of aromatic nitrogens is 2. The molecule has 0 amide bonds. The van der Waals surface area contributed by atoms with Crippen molar-refractivity contribution >= 4 is 13.8 Å². The van der Waals surface area contributed by atoms with Gasteiger partial charge in [0.2, 0.25) is 5.69 Å². The van der Waals surface area contributed by atoms with Crippen LogP contribution in [0.1, 0.15) is 5.56 Å². The van der Waals surface area contributed by atoms with Gasteiger partial charge in [0, 0.05) is 6.20 Å². The third kappa shape index (κ3) is 3.34. The first kappa shape index (κ1) is 13.1. The molecule has 1 aromatic heterocycles. The van der Waals surface area contributed by atoms with Crippen LogP contribution in [-0.4, -0.2) is 17.9 Å². The van der Waals surface area contributed by atoms with Gasteiger partial charge in [0.05, 0.1) is 24.0 Å². The Morgan fingerprint density at radius 1 is 1.26 bits per heavy atom. The average molecular weight is 265 g/mol. The first-order valence-corrected chi connectivity index (χ1v) is 9.54. The lowest BCUT2D eigenvalue weighted by Crippen LogP contribution is -2.16. The second kappa shape index (κ2) is 5.13. The molecule has 0 radical (unpaired) electrons. The maximum absolute atomic E-state index is 7.17. The molecule has 3 nitrogen and oxygen atoms in total. The molecule has 94 valence electrons. The smallest absolute Gasteiger partial charge is 0.212 e. The Labute approximate surface area is 114 Å². The van der Waals surface area contributed by atoms with E-state index < -0.39 is 8.07 Å². The topological polar surface area (TPSA) is 22.2 Å². The summed E-state index contributed by atoms with van der Waals surface area (Å²) in [7, 11) is -1.37. The highest BCUT2D eigenvalue weighted by Gasteiger charge is 2.08. The quantitative estimate of drug-likeness (QED) is 0.438. The molecule has 1 heterocycles. The van der Waals surface area contributed by atoms with E-state index in [1.165, 1.54) is 0 Å². The second-order valence-corrected chi connectivity index (χ2v) is 10.0. The number of nitrogens with zero attached hydrogens (tertiary/aromatic N) is 3. The minimum absolute atomic E-state index is 0.593. The fourth-order valence-electron chi connectivity index (χ4n) is 1.53. The van der Waals surface area contributed by atoms with Gasteiger partial charge in [-0.3, -0.25) is 4.68 Å². The zero-order valence-corrected chi connectivity index (χ0v) is 12.3. The Morgan fingerprint density at radius 3 is 2.68 bits per heavy atom. The van der Waals surface area contributed by atoms with Crippen LogP contribution in [0.25, 0.3) is 10.5 Å². The third-order valence-corrected chi connectivity index (χ3v) is 3.29. The van der Waals surface area contributed by atoms with Crippen LogP contribution in [0.3, 0.4) is 0 Å². The standard InChI is InChI=1S/C15H15N3Si/c1-16-14-7-5-6-8-15(14)18-12-13(11-17-18)9-10-19(2,3)4/h5-8,11-12H,2-4H3. The maximum atomic E-state index is 7.17. The van der Waals surface area contributed by atoms with E-state index in [0.717, 1.165) is 11.3 Å². The van der Waals surface area contributed by atoms with Crippen molar-refractivity contribution in [3.05, 3.63) is 53.6 Å². The molecule has 0 aliphatic heterocycles. The summed E-state index contributed by atoms with van der Waals surface area (Å²) in [5.41, 5.74) is 5.58. The van der Waals surface area contributed by atoms with Gasteiger partial charge in [-0.15, -0.1) is 5.54 Å². The maximum Gasteiger partial charge on any atom is 0.212 e. The summed E-state index contributed by atoms with van der Waals surface area (Å²) < 4.78 is 1.71. The van der Waals surface area contributed by atoms with Crippen LogP contribution in [0.2, 0.25) is 19.6 Å². The molecular formula is C15H15N3Si. The summed E-state index contributed by atoms with van der Waals surface area (Å²) in [4.78, 5) is 3.50. The lowest BCUT2D eigenvalue weighted by atomic mass is 10.3. The van der Waals surface area contributed by atoms with Crippen LogP contribution in [0.5, 0.6) is 0 Å². The molecule has 0 N–H and O–H groups in total. The SMILES string of the molecule is [C-]#[N+]c1ccccc1-n1cc(C#C[Si](C)(C)C)cn1. The Bertz CT molecular complexity index is 690. The highest BCUT2D eigenvalue weighted by atomic mass is 28.3. The van der Waals surface area contributed by atoms with E-state index in [-0.39, 0.29) is 0 Å². The average Bonchev–Trinajstić information content (AvgIpc) is 2.84. The molecular weight excluding hydrogens is 250 g/mol. The molecule has 1 aromatic carbocycles. The van der Waals surface area contributed by atoms with Crippen molar-refractivity contribution in [2.24, 2.45) is 0 Å². The molecule has 0 aliphatic rings. The van der Waals surface area contributed by atoms with Crippen LogP contribution < -0.4 is 0 Å². The minimum Gasteiger partial charge on any atom is -0.250 e. The summed E-state index contributed by atoms with van der Waals surface area (Å²) in [6.45, 7) is 13.8. The summed E-state index contributed by atoms with van der Waals surface area (Å²) in [6.07, 6.45) is 3.62. The van der Waals surface area contributed by atoms with Crippen molar-refractivity contribution in [3.63, 3.8) is 0 Å². The monoisotopic (exact) mass is 265 g/mol. The van der Waals surface area contributed by atoms with Gasteiger partial charge in [-0.1, -0.05) is 43.8 Å². The zero-order valence-electron chi connectivity index (χ0n) is 11.3. The van der Waals surface area contributed by atoms with E-state index in [0.29, 0.717) is 5.69 Å². The van der Waals surface area contributed by atoms with Crippen molar-refractivity contribution in [1.29, 1.82) is 0 Å². The lowest BCUT2D eigenvalue weighted by molar-refractivity contribution is 0.884. The number of benzene rings is 1. The van der Waals surface area contributed by atoms with Crippen molar-refractivity contribution in [1.82, 2.24) is 9.78 Å². The molecule has 0 saturated carbocycles. The van der Waals surface area contributed by atoms with Gasteiger partial charge < -0.3 is 0 Å². The second-order valence-electron chi connectivity index (χ2n) is 5.27.